The van der Waals surface area contributed by atoms with Gasteiger partial charge in [0.2, 0.25) is 10.0 Å². The molecule has 31 heavy (non-hydrogen) atoms. The van der Waals surface area contributed by atoms with E-state index in [1.54, 1.807) is 29.5 Å². The summed E-state index contributed by atoms with van der Waals surface area (Å²) < 4.78 is 28.2. The van der Waals surface area contributed by atoms with E-state index in [9.17, 15) is 8.42 Å². The zero-order chi connectivity index (χ0) is 22.2. The van der Waals surface area contributed by atoms with Gasteiger partial charge in [0.05, 0.1) is 20.8 Å². The van der Waals surface area contributed by atoms with Crippen molar-refractivity contribution >= 4 is 77.2 Å². The van der Waals surface area contributed by atoms with Crippen molar-refractivity contribution in [1.82, 2.24) is 9.29 Å². The van der Waals surface area contributed by atoms with E-state index in [1.165, 1.54) is 10.4 Å². The van der Waals surface area contributed by atoms with Crippen LogP contribution in [0.15, 0.2) is 51.1 Å². The van der Waals surface area contributed by atoms with Crippen LogP contribution in [0.25, 0.3) is 0 Å². The monoisotopic (exact) mass is 579 g/mol. The van der Waals surface area contributed by atoms with Gasteiger partial charge in [0.1, 0.15) is 4.90 Å². The average molecular weight is 582 g/mol. The summed E-state index contributed by atoms with van der Waals surface area (Å²) in [4.78, 5) is 6.96. The highest BCUT2D eigenvalue weighted by Crippen LogP contribution is 2.30. The molecule has 164 valence electrons. The number of halogens is 4. The van der Waals surface area contributed by atoms with Gasteiger partial charge in [0, 0.05) is 42.5 Å². The van der Waals surface area contributed by atoms with Gasteiger partial charge < -0.3 is 4.90 Å². The van der Waals surface area contributed by atoms with Gasteiger partial charge in [-0.3, -0.25) is 0 Å². The SMILES string of the molecule is O=S(=O)(c1ccc(Br)cc1Cl)N1CCN(c2nc(Cc3ccc(Cl)c(Cl)c3)cs2)CC1. The molecule has 3 aromatic rings. The number of thiazole rings is 1. The summed E-state index contributed by atoms with van der Waals surface area (Å²) in [6, 6.07) is 10.4. The first-order valence-corrected chi connectivity index (χ1v) is 13.6. The summed E-state index contributed by atoms with van der Waals surface area (Å²) in [6.07, 6.45) is 0.657. The Labute approximate surface area is 208 Å². The molecule has 1 fully saturated rings. The van der Waals surface area contributed by atoms with Crippen LogP contribution in [0, 0.1) is 0 Å². The van der Waals surface area contributed by atoms with Crippen LogP contribution in [0.4, 0.5) is 5.13 Å². The van der Waals surface area contributed by atoms with Crippen molar-refractivity contribution in [2.75, 3.05) is 31.1 Å². The van der Waals surface area contributed by atoms with Gasteiger partial charge in [-0.25, -0.2) is 13.4 Å². The van der Waals surface area contributed by atoms with E-state index in [0.29, 0.717) is 42.6 Å². The Morgan fingerprint density at radius 2 is 1.71 bits per heavy atom. The minimum atomic E-state index is -3.64. The molecular formula is C20H17BrCl3N3O2S2. The molecule has 2 heterocycles. The van der Waals surface area contributed by atoms with Gasteiger partial charge in [0.25, 0.3) is 0 Å². The molecule has 0 unspecified atom stereocenters. The first-order valence-electron chi connectivity index (χ1n) is 9.32. The first kappa shape index (κ1) is 23.3. The van der Waals surface area contributed by atoms with Crippen molar-refractivity contribution in [2.24, 2.45) is 0 Å². The van der Waals surface area contributed by atoms with Crippen LogP contribution >= 0.6 is 62.1 Å². The quantitative estimate of drug-likeness (QED) is 0.373. The second-order valence-corrected chi connectivity index (χ2v) is 11.9. The Bertz CT molecular complexity index is 1210. The highest BCUT2D eigenvalue weighted by atomic mass is 79.9. The smallest absolute Gasteiger partial charge is 0.244 e. The molecule has 0 bridgehead atoms. The molecule has 1 aromatic heterocycles. The lowest BCUT2D eigenvalue weighted by Gasteiger charge is -2.34. The van der Waals surface area contributed by atoms with Gasteiger partial charge in [-0.15, -0.1) is 11.3 Å². The molecule has 0 spiro atoms. The van der Waals surface area contributed by atoms with E-state index >= 15 is 0 Å². The molecule has 4 rings (SSSR count). The Kier molecular flexibility index (Phi) is 7.18. The Morgan fingerprint density at radius 1 is 0.968 bits per heavy atom. The first-order chi connectivity index (χ1) is 14.7. The third-order valence-electron chi connectivity index (χ3n) is 4.93. The topological polar surface area (TPSA) is 53.5 Å². The summed E-state index contributed by atoms with van der Waals surface area (Å²) in [5.74, 6) is 0. The predicted octanol–water partition coefficient (Wildman–Crippen LogP) is 5.97. The van der Waals surface area contributed by atoms with Crippen molar-refractivity contribution in [3.8, 4) is 0 Å². The maximum absolute atomic E-state index is 13.0. The zero-order valence-electron chi connectivity index (χ0n) is 16.1. The van der Waals surface area contributed by atoms with E-state index in [-0.39, 0.29) is 9.92 Å². The molecule has 0 saturated carbocycles. The maximum Gasteiger partial charge on any atom is 0.244 e. The number of benzene rings is 2. The van der Waals surface area contributed by atoms with Crippen molar-refractivity contribution < 1.29 is 8.42 Å². The molecule has 1 aliphatic heterocycles. The summed E-state index contributed by atoms with van der Waals surface area (Å²) in [7, 11) is -3.64. The van der Waals surface area contributed by atoms with Gasteiger partial charge >= 0.3 is 0 Å². The van der Waals surface area contributed by atoms with Crippen LogP contribution in [-0.2, 0) is 16.4 Å². The van der Waals surface area contributed by atoms with Gasteiger partial charge in [-0.1, -0.05) is 56.8 Å². The van der Waals surface area contributed by atoms with Crippen LogP contribution in [-0.4, -0.2) is 43.9 Å². The average Bonchev–Trinajstić information content (AvgIpc) is 3.19. The molecule has 0 atom stereocenters. The molecule has 11 heteroatoms. The minimum absolute atomic E-state index is 0.129. The number of hydrogen-bond acceptors (Lipinski definition) is 5. The lowest BCUT2D eigenvalue weighted by molar-refractivity contribution is 0.384. The Hall–Kier alpha value is -0.870. The number of hydrogen-bond donors (Lipinski definition) is 0. The second kappa shape index (κ2) is 9.55. The second-order valence-electron chi connectivity index (χ2n) is 7.01. The lowest BCUT2D eigenvalue weighted by Crippen LogP contribution is -2.48. The number of rotatable bonds is 5. The third kappa shape index (κ3) is 5.21. The normalized spacial score (nSPS) is 15.4. The van der Waals surface area contributed by atoms with E-state index in [4.69, 9.17) is 39.8 Å². The van der Waals surface area contributed by atoms with Crippen molar-refractivity contribution in [2.45, 2.75) is 11.3 Å². The van der Waals surface area contributed by atoms with E-state index in [0.717, 1.165) is 20.9 Å². The summed E-state index contributed by atoms with van der Waals surface area (Å²) in [5, 5.41) is 4.17. The largest absolute Gasteiger partial charge is 0.345 e. The summed E-state index contributed by atoms with van der Waals surface area (Å²) in [6.45, 7) is 1.87. The number of anilines is 1. The lowest BCUT2D eigenvalue weighted by atomic mass is 10.1. The molecule has 1 aliphatic rings. The van der Waals surface area contributed by atoms with Crippen LogP contribution in [0.2, 0.25) is 15.1 Å². The highest BCUT2D eigenvalue weighted by Gasteiger charge is 2.30. The highest BCUT2D eigenvalue weighted by molar-refractivity contribution is 9.10. The summed E-state index contributed by atoms with van der Waals surface area (Å²) >= 11 is 23.1. The van der Waals surface area contributed by atoms with Crippen molar-refractivity contribution in [3.05, 3.63) is 72.6 Å². The fourth-order valence-electron chi connectivity index (χ4n) is 3.32. The minimum Gasteiger partial charge on any atom is -0.345 e. The van der Waals surface area contributed by atoms with Gasteiger partial charge in [-0.2, -0.15) is 4.31 Å². The molecule has 2 aromatic carbocycles. The molecule has 1 saturated heterocycles. The van der Waals surface area contributed by atoms with E-state index in [1.807, 2.05) is 17.5 Å². The van der Waals surface area contributed by atoms with E-state index in [2.05, 4.69) is 20.8 Å². The number of sulfonamides is 1. The number of aromatic nitrogens is 1. The van der Waals surface area contributed by atoms with Crippen LogP contribution < -0.4 is 4.90 Å². The zero-order valence-corrected chi connectivity index (χ0v) is 21.6. The Morgan fingerprint density at radius 3 is 2.39 bits per heavy atom. The number of piperazine rings is 1. The maximum atomic E-state index is 13.0. The molecule has 0 radical (unpaired) electrons. The van der Waals surface area contributed by atoms with Crippen molar-refractivity contribution in [1.29, 1.82) is 0 Å². The molecule has 0 N–H and O–H groups in total. The fourth-order valence-corrected chi connectivity index (χ4v) is 6.96. The van der Waals surface area contributed by atoms with E-state index < -0.39 is 10.0 Å². The fraction of sp³-hybridized carbons (Fsp3) is 0.250. The summed E-state index contributed by atoms with van der Waals surface area (Å²) in [5.41, 5.74) is 1.98. The third-order valence-corrected chi connectivity index (χ3v) is 9.49. The van der Waals surface area contributed by atoms with Crippen LogP contribution in [0.5, 0.6) is 0 Å². The van der Waals surface area contributed by atoms with Crippen LogP contribution in [0.1, 0.15) is 11.3 Å². The van der Waals surface area contributed by atoms with Gasteiger partial charge in [0.15, 0.2) is 5.13 Å². The molecule has 0 amide bonds. The molecule has 5 nitrogen and oxygen atoms in total. The van der Waals surface area contributed by atoms with Crippen LogP contribution in [0.3, 0.4) is 0 Å². The molecular weight excluding hydrogens is 565 g/mol. The number of nitrogens with zero attached hydrogens (tertiary/aromatic N) is 3. The Balaban J connectivity index is 1.41. The standard InChI is InChI=1S/C20H17BrCl3N3O2S2/c21-14-2-4-19(18(24)11-14)31(28,29)27-7-5-26(6-8-27)20-25-15(12-30-20)9-13-1-3-16(22)17(23)10-13/h1-4,10-12H,5-9H2. The van der Waals surface area contributed by atoms with Crippen molar-refractivity contribution in [3.63, 3.8) is 0 Å². The van der Waals surface area contributed by atoms with Gasteiger partial charge in [-0.05, 0) is 35.9 Å². The predicted molar refractivity (Wildman–Crippen MR) is 132 cm³/mol. The molecule has 0 aliphatic carbocycles.